The van der Waals surface area contributed by atoms with Gasteiger partial charge in [-0.25, -0.2) is 9.97 Å². The standard InChI is InChI=1S/C21H21N5OS2/c1-27-8-3-9-28-21-19(23)18-15(13-4-2-7-24-11-13)10-16(26-20(18)29-21)14-5-6-17(22)25-12-14/h2,4-7,10-12H,3,8-9,23H2,1H3,(H2,22,25). The Bertz CT molecular complexity index is 1110. The molecule has 8 heteroatoms. The quantitative estimate of drug-likeness (QED) is 0.328. The lowest BCUT2D eigenvalue weighted by Gasteiger charge is -2.08. The summed E-state index contributed by atoms with van der Waals surface area (Å²) in [7, 11) is 1.72. The highest BCUT2D eigenvalue weighted by atomic mass is 32.2. The second kappa shape index (κ2) is 8.77. The number of thiophene rings is 1. The number of nitrogens with zero attached hydrogens (tertiary/aromatic N) is 3. The van der Waals surface area contributed by atoms with Gasteiger partial charge in [0.25, 0.3) is 0 Å². The second-order valence-electron chi connectivity index (χ2n) is 6.45. The first-order valence-electron chi connectivity index (χ1n) is 9.14. The van der Waals surface area contributed by atoms with Crippen LogP contribution in [-0.2, 0) is 4.74 Å². The molecule has 0 saturated carbocycles. The highest BCUT2D eigenvalue weighted by molar-refractivity contribution is 8.01. The lowest BCUT2D eigenvalue weighted by molar-refractivity contribution is 0.200. The van der Waals surface area contributed by atoms with Gasteiger partial charge in [-0.15, -0.1) is 23.1 Å². The van der Waals surface area contributed by atoms with E-state index in [-0.39, 0.29) is 0 Å². The molecule has 0 radical (unpaired) electrons. The van der Waals surface area contributed by atoms with Gasteiger partial charge in [-0.3, -0.25) is 4.98 Å². The molecule has 4 N–H and O–H groups in total. The minimum Gasteiger partial charge on any atom is -0.397 e. The molecule has 4 rings (SSSR count). The first-order chi connectivity index (χ1) is 14.2. The Balaban J connectivity index is 1.84. The van der Waals surface area contributed by atoms with Gasteiger partial charge in [0.2, 0.25) is 0 Å². The van der Waals surface area contributed by atoms with Crippen molar-refractivity contribution in [2.24, 2.45) is 0 Å². The van der Waals surface area contributed by atoms with Gasteiger partial charge >= 0.3 is 0 Å². The van der Waals surface area contributed by atoms with Crippen LogP contribution in [0.2, 0.25) is 0 Å². The fraction of sp³-hybridized carbons (Fsp3) is 0.190. The predicted molar refractivity (Wildman–Crippen MR) is 122 cm³/mol. The van der Waals surface area contributed by atoms with Crippen molar-refractivity contribution in [2.45, 2.75) is 10.6 Å². The summed E-state index contributed by atoms with van der Waals surface area (Å²) >= 11 is 3.37. The van der Waals surface area contributed by atoms with E-state index in [4.69, 9.17) is 21.2 Å². The summed E-state index contributed by atoms with van der Waals surface area (Å²) in [5, 5.41) is 0.976. The molecule has 0 aliphatic carbocycles. The number of ether oxygens (including phenoxy) is 1. The van der Waals surface area contributed by atoms with Crippen molar-refractivity contribution in [1.29, 1.82) is 0 Å². The number of thioether (sulfide) groups is 1. The molecule has 0 aromatic carbocycles. The van der Waals surface area contributed by atoms with Crippen LogP contribution in [0.4, 0.5) is 11.5 Å². The molecule has 0 bridgehead atoms. The molecule has 0 aliphatic rings. The van der Waals surface area contributed by atoms with Gasteiger partial charge in [0.1, 0.15) is 10.6 Å². The van der Waals surface area contributed by atoms with Crippen LogP contribution in [0, 0.1) is 0 Å². The monoisotopic (exact) mass is 423 g/mol. The summed E-state index contributed by atoms with van der Waals surface area (Å²) in [6.07, 6.45) is 6.33. The van der Waals surface area contributed by atoms with E-state index in [0.717, 1.165) is 61.3 Å². The molecular weight excluding hydrogens is 402 g/mol. The molecule has 148 valence electrons. The van der Waals surface area contributed by atoms with E-state index in [2.05, 4.69) is 16.0 Å². The lowest BCUT2D eigenvalue weighted by Crippen LogP contribution is -1.93. The zero-order valence-corrected chi connectivity index (χ0v) is 17.6. The SMILES string of the molecule is COCCCSc1sc2nc(-c3ccc(N)nc3)cc(-c3cccnc3)c2c1N. The third kappa shape index (κ3) is 4.19. The third-order valence-corrected chi connectivity index (χ3v) is 6.92. The maximum absolute atomic E-state index is 6.57. The summed E-state index contributed by atoms with van der Waals surface area (Å²) in [6, 6.07) is 9.73. The molecule has 0 spiro atoms. The smallest absolute Gasteiger partial charge is 0.127 e. The van der Waals surface area contributed by atoms with E-state index in [1.54, 1.807) is 48.7 Å². The van der Waals surface area contributed by atoms with Crippen LogP contribution in [0.5, 0.6) is 0 Å². The summed E-state index contributed by atoms with van der Waals surface area (Å²) in [5.74, 6) is 1.43. The highest BCUT2D eigenvalue weighted by Crippen LogP contribution is 2.45. The molecule has 0 fully saturated rings. The minimum absolute atomic E-state index is 0.484. The van der Waals surface area contributed by atoms with Crippen molar-refractivity contribution in [1.82, 2.24) is 15.0 Å². The highest BCUT2D eigenvalue weighted by Gasteiger charge is 2.18. The molecule has 29 heavy (non-hydrogen) atoms. The van der Waals surface area contributed by atoms with E-state index in [1.165, 1.54) is 0 Å². The molecule has 0 saturated heterocycles. The van der Waals surface area contributed by atoms with Crippen LogP contribution in [0.3, 0.4) is 0 Å². The number of aromatic nitrogens is 3. The van der Waals surface area contributed by atoms with Crippen molar-refractivity contribution in [3.63, 3.8) is 0 Å². The topological polar surface area (TPSA) is 99.9 Å². The number of hydrogen-bond acceptors (Lipinski definition) is 8. The Morgan fingerprint density at radius 2 is 2.03 bits per heavy atom. The largest absolute Gasteiger partial charge is 0.397 e. The Morgan fingerprint density at radius 3 is 2.76 bits per heavy atom. The number of fused-ring (bicyclic) bond motifs is 1. The molecule has 6 nitrogen and oxygen atoms in total. The van der Waals surface area contributed by atoms with Crippen LogP contribution in [-0.4, -0.2) is 34.4 Å². The zero-order chi connectivity index (χ0) is 20.2. The Hall–Kier alpha value is -2.68. The molecule has 0 unspecified atom stereocenters. The number of anilines is 2. The molecule has 4 heterocycles. The predicted octanol–water partition coefficient (Wildman–Crippen LogP) is 4.71. The zero-order valence-electron chi connectivity index (χ0n) is 16.0. The van der Waals surface area contributed by atoms with Crippen molar-refractivity contribution in [3.05, 3.63) is 48.9 Å². The molecule has 0 amide bonds. The molecule has 4 aromatic heterocycles. The van der Waals surface area contributed by atoms with E-state index in [9.17, 15) is 0 Å². The summed E-state index contributed by atoms with van der Waals surface area (Å²) in [4.78, 5) is 14.3. The van der Waals surface area contributed by atoms with Crippen LogP contribution in [0.1, 0.15) is 6.42 Å². The van der Waals surface area contributed by atoms with Gasteiger partial charge in [0.15, 0.2) is 0 Å². The van der Waals surface area contributed by atoms with Crippen LogP contribution >= 0.6 is 23.1 Å². The first kappa shape index (κ1) is 19.6. The summed E-state index contributed by atoms with van der Waals surface area (Å²) < 4.78 is 6.23. The van der Waals surface area contributed by atoms with E-state index in [1.807, 2.05) is 24.4 Å². The van der Waals surface area contributed by atoms with Crippen molar-refractivity contribution < 1.29 is 4.74 Å². The van der Waals surface area contributed by atoms with Gasteiger partial charge in [-0.2, -0.15) is 0 Å². The van der Waals surface area contributed by atoms with Gasteiger partial charge in [-0.1, -0.05) is 6.07 Å². The van der Waals surface area contributed by atoms with Crippen molar-refractivity contribution in [2.75, 3.05) is 30.9 Å². The molecular formula is C21H21N5OS2. The number of methoxy groups -OCH3 is 1. The maximum atomic E-state index is 6.57. The molecule has 0 atom stereocenters. The number of hydrogen-bond donors (Lipinski definition) is 2. The Labute approximate surface area is 177 Å². The average Bonchev–Trinajstić information content (AvgIpc) is 3.07. The summed E-state index contributed by atoms with van der Waals surface area (Å²) in [6.45, 7) is 0.741. The van der Waals surface area contributed by atoms with Gasteiger partial charge < -0.3 is 16.2 Å². The van der Waals surface area contributed by atoms with Gasteiger partial charge in [0, 0.05) is 54.6 Å². The lowest BCUT2D eigenvalue weighted by atomic mass is 10.0. The van der Waals surface area contributed by atoms with Crippen LogP contribution < -0.4 is 11.5 Å². The first-order valence-corrected chi connectivity index (χ1v) is 10.9. The van der Waals surface area contributed by atoms with Crippen molar-refractivity contribution >= 4 is 44.8 Å². The summed E-state index contributed by atoms with van der Waals surface area (Å²) in [5.41, 5.74) is 16.9. The Kier molecular flexibility index (Phi) is 5.94. The third-order valence-electron chi connectivity index (χ3n) is 4.45. The van der Waals surface area contributed by atoms with Gasteiger partial charge in [-0.05, 0) is 36.2 Å². The molecule has 0 aliphatic heterocycles. The second-order valence-corrected chi connectivity index (χ2v) is 8.81. The van der Waals surface area contributed by atoms with Crippen LogP contribution in [0.15, 0.2) is 53.1 Å². The fourth-order valence-corrected chi connectivity index (χ4v) is 5.31. The average molecular weight is 424 g/mol. The number of nitrogen functional groups attached to an aromatic ring is 2. The number of pyridine rings is 3. The normalized spacial score (nSPS) is 11.2. The molecule has 4 aromatic rings. The minimum atomic E-state index is 0.484. The van der Waals surface area contributed by atoms with E-state index >= 15 is 0 Å². The number of rotatable bonds is 7. The van der Waals surface area contributed by atoms with Crippen molar-refractivity contribution in [3.8, 4) is 22.4 Å². The van der Waals surface area contributed by atoms with Crippen LogP contribution in [0.25, 0.3) is 32.6 Å². The Morgan fingerprint density at radius 1 is 1.14 bits per heavy atom. The maximum Gasteiger partial charge on any atom is 0.127 e. The van der Waals surface area contributed by atoms with Gasteiger partial charge in [0.05, 0.1) is 15.6 Å². The van der Waals surface area contributed by atoms with E-state index < -0.39 is 0 Å². The van der Waals surface area contributed by atoms with E-state index in [0.29, 0.717) is 5.82 Å². The fourth-order valence-electron chi connectivity index (χ4n) is 3.03. The number of nitrogens with two attached hydrogens (primary N) is 2.